The summed E-state index contributed by atoms with van der Waals surface area (Å²) in [5.41, 5.74) is 1.55. The molecule has 0 amide bonds. The summed E-state index contributed by atoms with van der Waals surface area (Å²) in [6.45, 7) is 0. The molecule has 0 unspecified atom stereocenters. The van der Waals surface area contributed by atoms with Crippen LogP contribution in [0.5, 0.6) is 34.5 Å². The first-order chi connectivity index (χ1) is 13.6. The largest absolute Gasteiger partial charge is 0.493 e. The van der Waals surface area contributed by atoms with Crippen LogP contribution in [-0.2, 0) is 0 Å². The molecule has 7 heteroatoms. The molecule has 0 spiro atoms. The van der Waals surface area contributed by atoms with Gasteiger partial charge in [0.1, 0.15) is 0 Å². The zero-order chi connectivity index (χ0) is 20.7. The van der Waals surface area contributed by atoms with Crippen molar-refractivity contribution in [3.8, 4) is 40.6 Å². The maximum Gasteiger partial charge on any atom is 0.203 e. The van der Waals surface area contributed by atoms with E-state index in [1.807, 2.05) is 0 Å². The van der Waals surface area contributed by atoms with E-state index >= 15 is 0 Å². The normalized spacial score (nSPS) is 10.7. The minimum atomic E-state index is 0.350. The van der Waals surface area contributed by atoms with Gasteiger partial charge in [0, 0.05) is 11.1 Å². The molecule has 0 N–H and O–H groups in total. The topological polar surface area (TPSA) is 79.2 Å². The number of nitrogens with zero attached hydrogens (tertiary/aromatic N) is 1. The van der Waals surface area contributed by atoms with Crippen molar-refractivity contribution >= 4 is 11.6 Å². The molecule has 0 atom stereocenters. The molecule has 2 rings (SSSR count). The number of benzene rings is 2. The van der Waals surface area contributed by atoms with Gasteiger partial charge in [-0.2, -0.15) is 5.26 Å². The molecule has 0 fully saturated rings. The smallest absolute Gasteiger partial charge is 0.203 e. The monoisotopic (exact) mass is 385 g/mol. The highest BCUT2D eigenvalue weighted by molar-refractivity contribution is 5.94. The summed E-state index contributed by atoms with van der Waals surface area (Å²) < 4.78 is 32.4. The van der Waals surface area contributed by atoms with Crippen LogP contribution in [0.1, 0.15) is 11.1 Å². The van der Waals surface area contributed by atoms with Gasteiger partial charge in [-0.15, -0.1) is 0 Å². The number of hydrogen-bond acceptors (Lipinski definition) is 7. The van der Waals surface area contributed by atoms with Crippen molar-refractivity contribution in [1.29, 1.82) is 5.26 Å². The fraction of sp³-hybridized carbons (Fsp3) is 0.286. The van der Waals surface area contributed by atoms with Crippen molar-refractivity contribution < 1.29 is 28.4 Å². The Morgan fingerprint density at radius 2 is 1.18 bits per heavy atom. The van der Waals surface area contributed by atoms with Gasteiger partial charge in [0.25, 0.3) is 0 Å². The average Bonchev–Trinajstić information content (AvgIpc) is 2.75. The van der Waals surface area contributed by atoms with E-state index in [1.54, 1.807) is 37.5 Å². The Labute approximate surface area is 164 Å². The van der Waals surface area contributed by atoms with Gasteiger partial charge in [-0.3, -0.25) is 0 Å². The fourth-order valence-electron chi connectivity index (χ4n) is 2.88. The van der Waals surface area contributed by atoms with Gasteiger partial charge in [-0.25, -0.2) is 0 Å². The molecule has 148 valence electrons. The van der Waals surface area contributed by atoms with E-state index in [-0.39, 0.29) is 0 Å². The average molecular weight is 385 g/mol. The van der Waals surface area contributed by atoms with E-state index < -0.39 is 0 Å². The minimum Gasteiger partial charge on any atom is -0.493 e. The Morgan fingerprint density at radius 1 is 0.679 bits per heavy atom. The standard InChI is InChI=1S/C21H23NO6/c1-23-16-9-7-13(18(25-3)20(16)27-5)11-14(12-22)15-8-10-17(24-2)21(28-6)19(15)26-4/h7-11H,1-6H3/b14-11-. The van der Waals surface area contributed by atoms with E-state index in [1.165, 1.54) is 35.5 Å². The van der Waals surface area contributed by atoms with Crippen LogP contribution in [0.4, 0.5) is 0 Å². The Kier molecular flexibility index (Phi) is 6.99. The van der Waals surface area contributed by atoms with Gasteiger partial charge >= 0.3 is 0 Å². The van der Waals surface area contributed by atoms with Crippen LogP contribution in [0.25, 0.3) is 11.6 Å². The Morgan fingerprint density at radius 3 is 1.64 bits per heavy atom. The highest BCUT2D eigenvalue weighted by atomic mass is 16.5. The van der Waals surface area contributed by atoms with Crippen molar-refractivity contribution in [2.24, 2.45) is 0 Å². The van der Waals surface area contributed by atoms with E-state index in [0.29, 0.717) is 51.2 Å². The van der Waals surface area contributed by atoms with Crippen molar-refractivity contribution in [1.82, 2.24) is 0 Å². The molecule has 7 nitrogen and oxygen atoms in total. The first kappa shape index (κ1) is 20.8. The van der Waals surface area contributed by atoms with Gasteiger partial charge in [0.15, 0.2) is 23.0 Å². The third-order valence-electron chi connectivity index (χ3n) is 4.15. The number of hydrogen-bond donors (Lipinski definition) is 0. The van der Waals surface area contributed by atoms with E-state index in [9.17, 15) is 5.26 Å². The second-order valence-electron chi connectivity index (χ2n) is 5.48. The molecule has 0 aliphatic rings. The molecule has 0 saturated heterocycles. The Hall–Kier alpha value is -3.53. The first-order valence-electron chi connectivity index (χ1n) is 8.30. The maximum absolute atomic E-state index is 9.80. The van der Waals surface area contributed by atoms with Crippen LogP contribution >= 0.6 is 0 Å². The maximum atomic E-state index is 9.80. The van der Waals surface area contributed by atoms with Gasteiger partial charge in [0.2, 0.25) is 11.5 Å². The summed E-state index contributed by atoms with van der Waals surface area (Å²) in [6, 6.07) is 9.19. The third kappa shape index (κ3) is 3.76. The van der Waals surface area contributed by atoms with Crippen LogP contribution in [0.3, 0.4) is 0 Å². The number of ether oxygens (including phenoxy) is 6. The van der Waals surface area contributed by atoms with E-state index in [4.69, 9.17) is 28.4 Å². The third-order valence-corrected chi connectivity index (χ3v) is 4.15. The van der Waals surface area contributed by atoms with Crippen LogP contribution < -0.4 is 28.4 Å². The highest BCUT2D eigenvalue weighted by Crippen LogP contribution is 2.44. The quantitative estimate of drug-likeness (QED) is 0.505. The summed E-state index contributed by atoms with van der Waals surface area (Å²) in [5.74, 6) is 2.73. The lowest BCUT2D eigenvalue weighted by Gasteiger charge is -2.16. The van der Waals surface area contributed by atoms with Gasteiger partial charge in [-0.05, 0) is 30.3 Å². The fourth-order valence-corrected chi connectivity index (χ4v) is 2.88. The molecule has 0 bridgehead atoms. The van der Waals surface area contributed by atoms with Crippen molar-refractivity contribution in [2.75, 3.05) is 42.7 Å². The zero-order valence-electron chi connectivity index (χ0n) is 16.8. The number of allylic oxidation sites excluding steroid dienone is 1. The molecule has 0 heterocycles. The summed E-state index contributed by atoms with van der Waals surface area (Å²) in [6.07, 6.45) is 1.69. The minimum absolute atomic E-state index is 0.350. The first-order valence-corrected chi connectivity index (χ1v) is 8.30. The predicted molar refractivity (Wildman–Crippen MR) is 106 cm³/mol. The summed E-state index contributed by atoms with van der Waals surface area (Å²) in [5, 5.41) is 9.80. The number of rotatable bonds is 8. The SMILES string of the molecule is COc1ccc(/C=C(/C#N)c2ccc(OC)c(OC)c2OC)c(OC)c1OC. The molecular formula is C21H23NO6. The van der Waals surface area contributed by atoms with Crippen molar-refractivity contribution in [2.45, 2.75) is 0 Å². The molecule has 2 aromatic carbocycles. The molecular weight excluding hydrogens is 362 g/mol. The molecule has 0 aromatic heterocycles. The van der Waals surface area contributed by atoms with Gasteiger partial charge in [-0.1, -0.05) is 0 Å². The second-order valence-corrected chi connectivity index (χ2v) is 5.48. The number of methoxy groups -OCH3 is 6. The molecule has 0 radical (unpaired) electrons. The van der Waals surface area contributed by atoms with Crippen molar-refractivity contribution in [3.63, 3.8) is 0 Å². The Bertz CT molecular complexity index is 914. The van der Waals surface area contributed by atoms with Crippen LogP contribution in [0, 0.1) is 11.3 Å². The lowest BCUT2D eigenvalue weighted by molar-refractivity contribution is 0.323. The van der Waals surface area contributed by atoms with E-state index in [0.717, 1.165) is 0 Å². The summed E-state index contributed by atoms with van der Waals surface area (Å²) >= 11 is 0. The molecule has 0 saturated carbocycles. The van der Waals surface area contributed by atoms with Crippen molar-refractivity contribution in [3.05, 3.63) is 35.4 Å². The lowest BCUT2D eigenvalue weighted by atomic mass is 10.0. The predicted octanol–water partition coefficient (Wildman–Crippen LogP) is 3.80. The second kappa shape index (κ2) is 9.42. The highest BCUT2D eigenvalue weighted by Gasteiger charge is 2.20. The van der Waals surface area contributed by atoms with Crippen LogP contribution in [0.2, 0.25) is 0 Å². The van der Waals surface area contributed by atoms with Crippen LogP contribution in [-0.4, -0.2) is 42.7 Å². The van der Waals surface area contributed by atoms with Gasteiger partial charge < -0.3 is 28.4 Å². The molecule has 0 aliphatic heterocycles. The van der Waals surface area contributed by atoms with E-state index in [2.05, 4.69) is 6.07 Å². The Balaban J connectivity index is 2.71. The zero-order valence-corrected chi connectivity index (χ0v) is 16.8. The summed E-state index contributed by atoms with van der Waals surface area (Å²) in [7, 11) is 9.15. The summed E-state index contributed by atoms with van der Waals surface area (Å²) in [4.78, 5) is 0. The molecule has 28 heavy (non-hydrogen) atoms. The number of nitriles is 1. The lowest BCUT2D eigenvalue weighted by Crippen LogP contribution is -1.99. The molecule has 0 aliphatic carbocycles. The molecule has 2 aromatic rings. The van der Waals surface area contributed by atoms with Crippen LogP contribution in [0.15, 0.2) is 24.3 Å². The van der Waals surface area contributed by atoms with Gasteiger partial charge in [0.05, 0.1) is 54.3 Å².